The highest BCUT2D eigenvalue weighted by Crippen LogP contribution is 2.22. The third-order valence-electron chi connectivity index (χ3n) is 4.57. The Kier molecular flexibility index (Phi) is 4.43. The minimum atomic E-state index is -0.313. The third-order valence-corrected chi connectivity index (χ3v) is 4.57. The molecule has 0 aliphatic carbocycles. The van der Waals surface area contributed by atoms with E-state index >= 15 is 0 Å². The first kappa shape index (κ1) is 15.0. The highest BCUT2D eigenvalue weighted by atomic mass is 16.5. The van der Waals surface area contributed by atoms with Crippen LogP contribution in [0.2, 0.25) is 0 Å². The largest absolute Gasteiger partial charge is 0.465 e. The van der Waals surface area contributed by atoms with Crippen LogP contribution < -0.4 is 0 Å². The van der Waals surface area contributed by atoms with E-state index in [9.17, 15) is 4.79 Å². The van der Waals surface area contributed by atoms with Crippen LogP contribution in [0.4, 0.5) is 0 Å². The van der Waals surface area contributed by atoms with Crippen molar-refractivity contribution in [3.63, 3.8) is 0 Å². The third kappa shape index (κ3) is 2.86. The van der Waals surface area contributed by atoms with Gasteiger partial charge in [0, 0.05) is 19.2 Å². The standard InChI is InChI=1S/C17H23N3O2/c1-3-19-8-4-6-13(12-19)10-16-18-11-15-14(17(21)22-2)7-5-9-20(15)16/h5,7,9,11,13H,3-4,6,8,10,12H2,1-2H3. The average molecular weight is 301 g/mol. The van der Waals surface area contributed by atoms with Crippen LogP contribution in [-0.2, 0) is 11.2 Å². The summed E-state index contributed by atoms with van der Waals surface area (Å²) >= 11 is 0. The summed E-state index contributed by atoms with van der Waals surface area (Å²) in [6, 6.07) is 3.66. The minimum Gasteiger partial charge on any atom is -0.465 e. The molecule has 0 amide bonds. The van der Waals surface area contributed by atoms with E-state index < -0.39 is 0 Å². The molecule has 5 nitrogen and oxygen atoms in total. The Morgan fingerprint density at radius 1 is 1.50 bits per heavy atom. The van der Waals surface area contributed by atoms with Crippen molar-refractivity contribution >= 4 is 11.5 Å². The second kappa shape index (κ2) is 6.48. The zero-order valence-electron chi connectivity index (χ0n) is 13.3. The van der Waals surface area contributed by atoms with Crippen LogP contribution in [0.3, 0.4) is 0 Å². The van der Waals surface area contributed by atoms with Gasteiger partial charge in [0.2, 0.25) is 0 Å². The number of carbonyl (C=O) groups excluding carboxylic acids is 1. The zero-order chi connectivity index (χ0) is 15.5. The van der Waals surface area contributed by atoms with Crippen molar-refractivity contribution in [1.82, 2.24) is 14.3 Å². The molecular formula is C17H23N3O2. The first-order chi connectivity index (χ1) is 10.7. The van der Waals surface area contributed by atoms with E-state index in [1.165, 1.54) is 26.5 Å². The number of fused-ring (bicyclic) bond motifs is 1. The normalized spacial score (nSPS) is 19.5. The quantitative estimate of drug-likeness (QED) is 0.814. The minimum absolute atomic E-state index is 0.313. The number of hydrogen-bond acceptors (Lipinski definition) is 4. The molecule has 0 N–H and O–H groups in total. The number of esters is 1. The number of pyridine rings is 1. The predicted molar refractivity (Wildman–Crippen MR) is 85.1 cm³/mol. The first-order valence-corrected chi connectivity index (χ1v) is 7.98. The molecule has 22 heavy (non-hydrogen) atoms. The molecule has 118 valence electrons. The van der Waals surface area contributed by atoms with Gasteiger partial charge < -0.3 is 14.0 Å². The summed E-state index contributed by atoms with van der Waals surface area (Å²) in [7, 11) is 1.41. The number of aromatic nitrogens is 2. The van der Waals surface area contributed by atoms with Crippen molar-refractivity contribution in [2.45, 2.75) is 26.2 Å². The zero-order valence-corrected chi connectivity index (χ0v) is 13.3. The van der Waals surface area contributed by atoms with Gasteiger partial charge in [-0.15, -0.1) is 0 Å². The van der Waals surface area contributed by atoms with Crippen LogP contribution in [0.25, 0.3) is 5.52 Å². The van der Waals surface area contributed by atoms with Gasteiger partial charge in [-0.2, -0.15) is 0 Å². The number of methoxy groups -OCH3 is 1. The number of piperidine rings is 1. The highest BCUT2D eigenvalue weighted by Gasteiger charge is 2.21. The van der Waals surface area contributed by atoms with Gasteiger partial charge in [0.1, 0.15) is 5.82 Å². The Hall–Kier alpha value is -1.88. The van der Waals surface area contributed by atoms with Crippen molar-refractivity contribution in [2.75, 3.05) is 26.7 Å². The number of imidazole rings is 1. The molecule has 2 aromatic rings. The van der Waals surface area contributed by atoms with Crippen LogP contribution in [0.1, 0.15) is 35.9 Å². The second-order valence-corrected chi connectivity index (χ2v) is 5.95. The summed E-state index contributed by atoms with van der Waals surface area (Å²) in [5.74, 6) is 1.36. The molecule has 0 aromatic carbocycles. The van der Waals surface area contributed by atoms with Gasteiger partial charge in [-0.3, -0.25) is 0 Å². The molecule has 1 unspecified atom stereocenters. The summed E-state index contributed by atoms with van der Waals surface area (Å²) in [6.45, 7) is 5.69. The average Bonchev–Trinajstić information content (AvgIpc) is 2.97. The van der Waals surface area contributed by atoms with Gasteiger partial charge in [-0.25, -0.2) is 9.78 Å². The van der Waals surface area contributed by atoms with Gasteiger partial charge in [0.05, 0.1) is 24.4 Å². The lowest BCUT2D eigenvalue weighted by Crippen LogP contribution is -2.36. The van der Waals surface area contributed by atoms with Crippen molar-refractivity contribution < 1.29 is 9.53 Å². The lowest BCUT2D eigenvalue weighted by Gasteiger charge is -2.31. The lowest BCUT2D eigenvalue weighted by atomic mass is 9.94. The Morgan fingerprint density at radius 3 is 3.14 bits per heavy atom. The van der Waals surface area contributed by atoms with Gasteiger partial charge >= 0.3 is 5.97 Å². The summed E-state index contributed by atoms with van der Waals surface area (Å²) in [6.07, 6.45) is 7.22. The fourth-order valence-corrected chi connectivity index (χ4v) is 3.37. The number of hydrogen-bond donors (Lipinski definition) is 0. The van der Waals surface area contributed by atoms with E-state index in [1.54, 1.807) is 12.3 Å². The molecule has 1 fully saturated rings. The molecule has 1 aliphatic rings. The van der Waals surface area contributed by atoms with E-state index in [0.29, 0.717) is 11.5 Å². The maximum atomic E-state index is 11.8. The number of rotatable bonds is 4. The van der Waals surface area contributed by atoms with Crippen LogP contribution >= 0.6 is 0 Å². The van der Waals surface area contributed by atoms with Crippen LogP contribution in [-0.4, -0.2) is 47.0 Å². The Balaban J connectivity index is 1.84. The number of nitrogens with zero attached hydrogens (tertiary/aromatic N) is 3. The van der Waals surface area contributed by atoms with E-state index in [2.05, 4.69) is 16.8 Å². The second-order valence-electron chi connectivity index (χ2n) is 5.95. The maximum absolute atomic E-state index is 11.8. The molecule has 3 heterocycles. The lowest BCUT2D eigenvalue weighted by molar-refractivity contribution is 0.0602. The molecule has 1 atom stereocenters. The summed E-state index contributed by atoms with van der Waals surface area (Å²) in [5, 5.41) is 0. The molecular weight excluding hydrogens is 278 g/mol. The van der Waals surface area contributed by atoms with Gasteiger partial charge in [-0.1, -0.05) is 6.92 Å². The molecule has 1 saturated heterocycles. The number of likely N-dealkylation sites (tertiary alicyclic amines) is 1. The summed E-state index contributed by atoms with van der Waals surface area (Å²) in [5.41, 5.74) is 1.40. The van der Waals surface area contributed by atoms with Gasteiger partial charge in [0.15, 0.2) is 0 Å². The number of carbonyl (C=O) groups is 1. The van der Waals surface area contributed by atoms with Crippen LogP contribution in [0, 0.1) is 5.92 Å². The topological polar surface area (TPSA) is 46.8 Å². The molecule has 3 rings (SSSR count). The van der Waals surface area contributed by atoms with Crippen LogP contribution in [0.5, 0.6) is 0 Å². The fourth-order valence-electron chi connectivity index (χ4n) is 3.37. The smallest absolute Gasteiger partial charge is 0.340 e. The molecule has 0 radical (unpaired) electrons. The molecule has 5 heteroatoms. The van der Waals surface area contributed by atoms with Crippen molar-refractivity contribution in [1.29, 1.82) is 0 Å². The summed E-state index contributed by atoms with van der Waals surface area (Å²) in [4.78, 5) is 18.9. The highest BCUT2D eigenvalue weighted by molar-refractivity contribution is 5.96. The molecule has 0 saturated carbocycles. The molecule has 1 aliphatic heterocycles. The molecule has 0 bridgehead atoms. The van der Waals surface area contributed by atoms with Gasteiger partial charge in [0.25, 0.3) is 0 Å². The fraction of sp³-hybridized carbons (Fsp3) is 0.529. The Labute approximate surface area is 130 Å². The van der Waals surface area contributed by atoms with E-state index in [-0.39, 0.29) is 5.97 Å². The van der Waals surface area contributed by atoms with Crippen molar-refractivity contribution in [2.24, 2.45) is 5.92 Å². The Morgan fingerprint density at radius 2 is 2.36 bits per heavy atom. The van der Waals surface area contributed by atoms with E-state index in [0.717, 1.165) is 30.9 Å². The van der Waals surface area contributed by atoms with Crippen molar-refractivity contribution in [3.8, 4) is 0 Å². The van der Waals surface area contributed by atoms with Gasteiger partial charge in [-0.05, 0) is 44.0 Å². The Bertz CT molecular complexity index is 665. The maximum Gasteiger partial charge on any atom is 0.340 e. The van der Waals surface area contributed by atoms with E-state index in [1.807, 2.05) is 16.7 Å². The van der Waals surface area contributed by atoms with E-state index in [4.69, 9.17) is 4.74 Å². The number of ether oxygens (including phenoxy) is 1. The first-order valence-electron chi connectivity index (χ1n) is 7.98. The molecule has 2 aromatic heterocycles. The van der Waals surface area contributed by atoms with Crippen LogP contribution in [0.15, 0.2) is 24.5 Å². The monoisotopic (exact) mass is 301 g/mol. The summed E-state index contributed by atoms with van der Waals surface area (Å²) < 4.78 is 6.87. The predicted octanol–water partition coefficient (Wildman–Crippen LogP) is 2.40. The SMILES string of the molecule is CCN1CCCC(Cc2ncc3c(C(=O)OC)cccn23)C1. The molecule has 0 spiro atoms. The van der Waals surface area contributed by atoms with Crippen molar-refractivity contribution in [3.05, 3.63) is 35.9 Å².